The van der Waals surface area contributed by atoms with E-state index >= 15 is 0 Å². The fourth-order valence-corrected chi connectivity index (χ4v) is 2.05. The number of hydrogen-bond acceptors (Lipinski definition) is 2. The van der Waals surface area contributed by atoms with Crippen LogP contribution in [0, 0.1) is 0 Å². The van der Waals surface area contributed by atoms with Crippen molar-refractivity contribution >= 4 is 22.6 Å². The first-order valence-corrected chi connectivity index (χ1v) is 5.81. The fourth-order valence-electron chi connectivity index (χ4n) is 1.83. The van der Waals surface area contributed by atoms with Crippen LogP contribution in [-0.2, 0) is 6.54 Å². The highest BCUT2D eigenvalue weighted by Crippen LogP contribution is 2.25. The molecule has 0 saturated carbocycles. The lowest BCUT2D eigenvalue weighted by Gasteiger charge is -2.09. The molecule has 1 N–H and O–H groups in total. The maximum absolute atomic E-state index is 6.23. The third-order valence-electron chi connectivity index (χ3n) is 2.67. The Bertz CT molecular complexity index is 502. The molecule has 0 aliphatic heterocycles. The Kier molecular flexibility index (Phi) is 3.17. The van der Waals surface area contributed by atoms with Crippen molar-refractivity contribution in [2.24, 2.45) is 0 Å². The molecule has 1 aromatic heterocycles. The molecule has 0 fully saturated rings. The molecular formula is C12H16ClN3. The predicted molar refractivity (Wildman–Crippen MR) is 67.9 cm³/mol. The standard InChI is InChI=1S/C12H16ClN3/c1-8(2)16-7-15-11-4-9(6-14-3)10(13)5-12(11)16/h4-5,7-8,14H,6H2,1-3H3. The lowest BCUT2D eigenvalue weighted by Crippen LogP contribution is -2.05. The summed E-state index contributed by atoms with van der Waals surface area (Å²) >= 11 is 6.23. The van der Waals surface area contributed by atoms with Crippen molar-refractivity contribution < 1.29 is 0 Å². The zero-order valence-electron chi connectivity index (χ0n) is 9.79. The van der Waals surface area contributed by atoms with Crippen molar-refractivity contribution in [3.8, 4) is 0 Å². The van der Waals surface area contributed by atoms with Gasteiger partial charge in [-0.3, -0.25) is 0 Å². The first-order chi connectivity index (χ1) is 7.63. The van der Waals surface area contributed by atoms with Gasteiger partial charge < -0.3 is 9.88 Å². The Morgan fingerprint density at radius 3 is 2.81 bits per heavy atom. The molecule has 4 heteroatoms. The van der Waals surface area contributed by atoms with E-state index in [0.29, 0.717) is 6.04 Å². The summed E-state index contributed by atoms with van der Waals surface area (Å²) in [4.78, 5) is 4.40. The zero-order valence-corrected chi connectivity index (χ0v) is 10.5. The highest BCUT2D eigenvalue weighted by Gasteiger charge is 2.09. The first-order valence-electron chi connectivity index (χ1n) is 5.43. The summed E-state index contributed by atoms with van der Waals surface area (Å²) in [5.74, 6) is 0. The van der Waals surface area contributed by atoms with Crippen LogP contribution in [0.25, 0.3) is 11.0 Å². The van der Waals surface area contributed by atoms with Gasteiger partial charge in [0.2, 0.25) is 0 Å². The topological polar surface area (TPSA) is 29.9 Å². The molecule has 0 unspecified atom stereocenters. The molecular weight excluding hydrogens is 222 g/mol. The highest BCUT2D eigenvalue weighted by atomic mass is 35.5. The summed E-state index contributed by atoms with van der Waals surface area (Å²) < 4.78 is 2.13. The third kappa shape index (κ3) is 1.93. The second kappa shape index (κ2) is 4.44. The Labute approximate surface area is 100 Å². The highest BCUT2D eigenvalue weighted by molar-refractivity contribution is 6.32. The van der Waals surface area contributed by atoms with Gasteiger partial charge in [0.05, 0.1) is 17.4 Å². The van der Waals surface area contributed by atoms with Crippen molar-refractivity contribution in [3.05, 3.63) is 29.0 Å². The number of nitrogens with one attached hydrogen (secondary N) is 1. The number of imidazole rings is 1. The molecule has 2 rings (SSSR count). The molecule has 2 aromatic rings. The Hall–Kier alpha value is -1.06. The van der Waals surface area contributed by atoms with Crippen LogP contribution in [-0.4, -0.2) is 16.6 Å². The van der Waals surface area contributed by atoms with Crippen LogP contribution in [0.5, 0.6) is 0 Å². The molecule has 1 aromatic carbocycles. The maximum atomic E-state index is 6.23. The van der Waals surface area contributed by atoms with Crippen molar-refractivity contribution in [3.63, 3.8) is 0 Å². The summed E-state index contributed by atoms with van der Waals surface area (Å²) in [5.41, 5.74) is 3.19. The van der Waals surface area contributed by atoms with Crippen molar-refractivity contribution in [1.29, 1.82) is 0 Å². The maximum Gasteiger partial charge on any atom is 0.0960 e. The van der Waals surface area contributed by atoms with E-state index in [0.717, 1.165) is 28.2 Å². The SMILES string of the molecule is CNCc1cc2ncn(C(C)C)c2cc1Cl. The first kappa shape index (κ1) is 11.4. The monoisotopic (exact) mass is 237 g/mol. The van der Waals surface area contributed by atoms with Gasteiger partial charge in [-0.1, -0.05) is 11.6 Å². The molecule has 0 spiro atoms. The van der Waals surface area contributed by atoms with Crippen LogP contribution >= 0.6 is 11.6 Å². The second-order valence-electron chi connectivity index (χ2n) is 4.21. The summed E-state index contributed by atoms with van der Waals surface area (Å²) in [5, 5.41) is 3.90. The van der Waals surface area contributed by atoms with E-state index in [1.54, 1.807) is 0 Å². The van der Waals surface area contributed by atoms with E-state index in [4.69, 9.17) is 11.6 Å². The molecule has 0 saturated heterocycles. The van der Waals surface area contributed by atoms with Crippen LogP contribution in [0.4, 0.5) is 0 Å². The normalized spacial score (nSPS) is 11.6. The number of benzene rings is 1. The third-order valence-corrected chi connectivity index (χ3v) is 3.02. The van der Waals surface area contributed by atoms with Gasteiger partial charge in [0.1, 0.15) is 0 Å². The molecule has 1 heterocycles. The van der Waals surface area contributed by atoms with Crippen molar-refractivity contribution in [2.75, 3.05) is 7.05 Å². The van der Waals surface area contributed by atoms with Gasteiger partial charge in [-0.25, -0.2) is 4.98 Å². The van der Waals surface area contributed by atoms with Gasteiger partial charge in [-0.2, -0.15) is 0 Å². The number of fused-ring (bicyclic) bond motifs is 1. The second-order valence-corrected chi connectivity index (χ2v) is 4.62. The minimum atomic E-state index is 0.399. The number of halogens is 1. The van der Waals surface area contributed by atoms with E-state index in [-0.39, 0.29) is 0 Å². The van der Waals surface area contributed by atoms with E-state index in [2.05, 4.69) is 28.7 Å². The van der Waals surface area contributed by atoms with Gasteiger partial charge in [-0.05, 0) is 38.6 Å². The lowest BCUT2D eigenvalue weighted by molar-refractivity contribution is 0.617. The average molecular weight is 238 g/mol. The fraction of sp³-hybridized carbons (Fsp3) is 0.417. The minimum absolute atomic E-state index is 0.399. The van der Waals surface area contributed by atoms with Crippen LogP contribution in [0.1, 0.15) is 25.5 Å². The molecule has 0 radical (unpaired) electrons. The predicted octanol–water partition coefficient (Wildman–Crippen LogP) is 2.99. The van der Waals surface area contributed by atoms with Gasteiger partial charge in [0, 0.05) is 17.6 Å². The van der Waals surface area contributed by atoms with Gasteiger partial charge >= 0.3 is 0 Å². The molecule has 16 heavy (non-hydrogen) atoms. The Morgan fingerprint density at radius 1 is 1.44 bits per heavy atom. The van der Waals surface area contributed by atoms with Crippen molar-refractivity contribution in [1.82, 2.24) is 14.9 Å². The minimum Gasteiger partial charge on any atom is -0.328 e. The number of nitrogens with zero attached hydrogens (tertiary/aromatic N) is 2. The Balaban J connectivity index is 2.57. The summed E-state index contributed by atoms with van der Waals surface area (Å²) in [6.45, 7) is 5.04. The average Bonchev–Trinajstić information content (AvgIpc) is 2.61. The number of aromatic nitrogens is 2. The van der Waals surface area contributed by atoms with E-state index in [9.17, 15) is 0 Å². The molecule has 0 atom stereocenters. The van der Waals surface area contributed by atoms with E-state index in [1.807, 2.05) is 25.5 Å². The summed E-state index contributed by atoms with van der Waals surface area (Å²) in [7, 11) is 1.91. The van der Waals surface area contributed by atoms with Crippen LogP contribution in [0.3, 0.4) is 0 Å². The quantitative estimate of drug-likeness (QED) is 0.890. The molecule has 0 aliphatic carbocycles. The number of hydrogen-bond donors (Lipinski definition) is 1. The Morgan fingerprint density at radius 2 is 2.19 bits per heavy atom. The van der Waals surface area contributed by atoms with Gasteiger partial charge in [0.15, 0.2) is 0 Å². The number of rotatable bonds is 3. The van der Waals surface area contributed by atoms with Gasteiger partial charge in [0.25, 0.3) is 0 Å². The van der Waals surface area contributed by atoms with E-state index < -0.39 is 0 Å². The summed E-state index contributed by atoms with van der Waals surface area (Å²) in [6.07, 6.45) is 1.87. The molecule has 0 aliphatic rings. The summed E-state index contributed by atoms with van der Waals surface area (Å²) in [6, 6.07) is 4.44. The smallest absolute Gasteiger partial charge is 0.0960 e. The van der Waals surface area contributed by atoms with Crippen molar-refractivity contribution in [2.45, 2.75) is 26.4 Å². The van der Waals surface area contributed by atoms with Crippen LogP contribution in [0.2, 0.25) is 5.02 Å². The van der Waals surface area contributed by atoms with Crippen LogP contribution < -0.4 is 5.32 Å². The molecule has 3 nitrogen and oxygen atoms in total. The van der Waals surface area contributed by atoms with E-state index in [1.165, 1.54) is 0 Å². The molecule has 0 amide bonds. The zero-order chi connectivity index (χ0) is 11.7. The van der Waals surface area contributed by atoms with Gasteiger partial charge in [-0.15, -0.1) is 0 Å². The van der Waals surface area contributed by atoms with Crippen LogP contribution in [0.15, 0.2) is 18.5 Å². The largest absolute Gasteiger partial charge is 0.328 e. The molecule has 0 bridgehead atoms. The molecule has 86 valence electrons. The lowest BCUT2D eigenvalue weighted by atomic mass is 10.2.